The molecule has 2 N–H and O–H groups in total. The van der Waals surface area contributed by atoms with Crippen LogP contribution in [0.25, 0.3) is 0 Å². The number of carboxylic acids is 1. The number of halogens is 1. The molecule has 0 aromatic heterocycles. The number of aliphatic carboxylic acids is 1. The highest BCUT2D eigenvalue weighted by Crippen LogP contribution is 2.21. The minimum atomic E-state index is -1.48. The quantitative estimate of drug-likeness (QED) is 0.816. The van der Waals surface area contributed by atoms with Gasteiger partial charge in [-0.2, -0.15) is 0 Å². The SMILES string of the molecule is CC(C)(NC(=O)C(=O)O)c1ccc(Br)cc1. The first-order valence-electron chi connectivity index (χ1n) is 4.64. The first kappa shape index (κ1) is 12.7. The minimum Gasteiger partial charge on any atom is -0.474 e. The number of carbonyl (C=O) groups is 2. The highest BCUT2D eigenvalue weighted by Gasteiger charge is 2.25. The van der Waals surface area contributed by atoms with Crippen molar-refractivity contribution in [1.29, 1.82) is 0 Å². The molecule has 4 nitrogen and oxygen atoms in total. The fourth-order valence-electron chi connectivity index (χ4n) is 1.28. The number of carboxylic acid groups (broad SMARTS) is 1. The van der Waals surface area contributed by atoms with Crippen LogP contribution in [0.15, 0.2) is 28.7 Å². The van der Waals surface area contributed by atoms with Crippen LogP contribution in [0, 0.1) is 0 Å². The van der Waals surface area contributed by atoms with Crippen molar-refractivity contribution in [3.8, 4) is 0 Å². The monoisotopic (exact) mass is 285 g/mol. The summed E-state index contributed by atoms with van der Waals surface area (Å²) in [5.74, 6) is -2.49. The third kappa shape index (κ3) is 3.06. The number of benzene rings is 1. The lowest BCUT2D eigenvalue weighted by Gasteiger charge is -2.25. The van der Waals surface area contributed by atoms with E-state index in [1.165, 1.54) is 0 Å². The van der Waals surface area contributed by atoms with Gasteiger partial charge in [0.2, 0.25) is 0 Å². The molecule has 86 valence electrons. The smallest absolute Gasteiger partial charge is 0.394 e. The molecule has 0 spiro atoms. The Bertz CT molecular complexity index is 412. The van der Waals surface area contributed by atoms with Gasteiger partial charge in [0.05, 0.1) is 5.54 Å². The zero-order valence-electron chi connectivity index (χ0n) is 8.95. The molecule has 0 aliphatic carbocycles. The lowest BCUT2D eigenvalue weighted by molar-refractivity contribution is -0.151. The largest absolute Gasteiger partial charge is 0.474 e. The van der Waals surface area contributed by atoms with E-state index >= 15 is 0 Å². The fourth-order valence-corrected chi connectivity index (χ4v) is 1.54. The predicted octanol–water partition coefficient (Wildman–Crippen LogP) is 1.88. The Kier molecular flexibility index (Phi) is 3.70. The second kappa shape index (κ2) is 4.65. The Balaban J connectivity index is 2.89. The molecule has 0 aliphatic heterocycles. The van der Waals surface area contributed by atoms with Crippen molar-refractivity contribution in [3.05, 3.63) is 34.3 Å². The maximum absolute atomic E-state index is 11.1. The van der Waals surface area contributed by atoms with E-state index in [0.717, 1.165) is 10.0 Å². The van der Waals surface area contributed by atoms with Gasteiger partial charge in [0, 0.05) is 4.47 Å². The summed E-state index contributed by atoms with van der Waals surface area (Å²) in [7, 11) is 0. The summed E-state index contributed by atoms with van der Waals surface area (Å²) < 4.78 is 0.927. The molecule has 0 saturated heterocycles. The standard InChI is InChI=1S/C11H12BrNO3/c1-11(2,13-9(14)10(15)16)7-3-5-8(12)6-4-7/h3-6H,1-2H3,(H,13,14)(H,15,16). The first-order valence-corrected chi connectivity index (χ1v) is 5.44. The Morgan fingerprint density at radius 1 is 1.25 bits per heavy atom. The molecule has 0 atom stereocenters. The summed E-state index contributed by atoms with van der Waals surface area (Å²) in [5, 5.41) is 11.0. The minimum absolute atomic E-state index is 0.712. The Hall–Kier alpha value is -1.36. The van der Waals surface area contributed by atoms with Gasteiger partial charge in [0.1, 0.15) is 0 Å². The summed E-state index contributed by atoms with van der Waals surface area (Å²) in [5.41, 5.74) is 0.126. The second-order valence-electron chi connectivity index (χ2n) is 3.89. The molecule has 0 bridgehead atoms. The predicted molar refractivity (Wildman–Crippen MR) is 62.9 cm³/mol. The molecule has 1 aromatic rings. The summed E-state index contributed by atoms with van der Waals surface area (Å²) in [4.78, 5) is 21.5. The van der Waals surface area contributed by atoms with Crippen molar-refractivity contribution >= 4 is 27.8 Å². The van der Waals surface area contributed by atoms with Crippen LogP contribution in [0.1, 0.15) is 19.4 Å². The highest BCUT2D eigenvalue weighted by atomic mass is 79.9. The average Bonchev–Trinajstić information content (AvgIpc) is 2.17. The molecule has 0 saturated carbocycles. The average molecular weight is 286 g/mol. The molecule has 0 aliphatic rings. The van der Waals surface area contributed by atoms with E-state index in [0.29, 0.717) is 0 Å². The molecule has 1 aromatic carbocycles. The van der Waals surface area contributed by atoms with Crippen molar-refractivity contribution in [2.24, 2.45) is 0 Å². The van der Waals surface area contributed by atoms with Gasteiger partial charge < -0.3 is 10.4 Å². The van der Waals surface area contributed by atoms with Crippen molar-refractivity contribution < 1.29 is 14.7 Å². The van der Waals surface area contributed by atoms with E-state index < -0.39 is 17.4 Å². The van der Waals surface area contributed by atoms with Crippen LogP contribution in [0.4, 0.5) is 0 Å². The van der Waals surface area contributed by atoms with Gasteiger partial charge in [-0.1, -0.05) is 28.1 Å². The lowest BCUT2D eigenvalue weighted by atomic mass is 9.94. The van der Waals surface area contributed by atoms with Gasteiger partial charge in [-0.25, -0.2) is 4.79 Å². The summed E-state index contributed by atoms with van der Waals surface area (Å²) >= 11 is 3.30. The second-order valence-corrected chi connectivity index (χ2v) is 4.81. The zero-order valence-corrected chi connectivity index (χ0v) is 10.5. The Morgan fingerprint density at radius 2 is 1.75 bits per heavy atom. The van der Waals surface area contributed by atoms with Crippen molar-refractivity contribution in [2.75, 3.05) is 0 Å². The molecular formula is C11H12BrNO3. The third-order valence-electron chi connectivity index (χ3n) is 2.19. The Morgan fingerprint density at radius 3 is 2.19 bits per heavy atom. The number of amides is 1. The van der Waals surface area contributed by atoms with Gasteiger partial charge in [0.15, 0.2) is 0 Å². The summed E-state index contributed by atoms with van der Waals surface area (Å²) in [6, 6.07) is 7.33. The normalized spacial score (nSPS) is 10.9. The molecule has 0 fully saturated rings. The number of rotatable bonds is 2. The van der Waals surface area contributed by atoms with E-state index in [1.807, 2.05) is 24.3 Å². The molecule has 16 heavy (non-hydrogen) atoms. The van der Waals surface area contributed by atoms with E-state index in [4.69, 9.17) is 5.11 Å². The molecular weight excluding hydrogens is 274 g/mol. The van der Waals surface area contributed by atoms with E-state index in [-0.39, 0.29) is 0 Å². The molecule has 0 unspecified atom stereocenters. The van der Waals surface area contributed by atoms with Gasteiger partial charge in [-0.3, -0.25) is 4.79 Å². The maximum Gasteiger partial charge on any atom is 0.394 e. The van der Waals surface area contributed by atoms with Gasteiger partial charge >= 0.3 is 11.9 Å². The zero-order chi connectivity index (χ0) is 12.3. The van der Waals surface area contributed by atoms with E-state index in [1.54, 1.807) is 13.8 Å². The topological polar surface area (TPSA) is 66.4 Å². The molecule has 1 amide bonds. The van der Waals surface area contributed by atoms with Crippen molar-refractivity contribution in [3.63, 3.8) is 0 Å². The van der Waals surface area contributed by atoms with E-state index in [2.05, 4.69) is 21.2 Å². The molecule has 0 radical (unpaired) electrons. The van der Waals surface area contributed by atoms with Gasteiger partial charge in [-0.05, 0) is 31.5 Å². The third-order valence-corrected chi connectivity index (χ3v) is 2.71. The fraction of sp³-hybridized carbons (Fsp3) is 0.273. The number of carbonyl (C=O) groups excluding carboxylic acids is 1. The summed E-state index contributed by atoms with van der Waals surface area (Å²) in [6.07, 6.45) is 0. The van der Waals surface area contributed by atoms with Crippen LogP contribution < -0.4 is 5.32 Å². The molecule has 5 heteroatoms. The lowest BCUT2D eigenvalue weighted by Crippen LogP contribution is -2.44. The molecule has 1 rings (SSSR count). The number of hydrogen-bond donors (Lipinski definition) is 2. The highest BCUT2D eigenvalue weighted by molar-refractivity contribution is 9.10. The van der Waals surface area contributed by atoms with Gasteiger partial charge in [-0.15, -0.1) is 0 Å². The van der Waals surface area contributed by atoms with Crippen molar-refractivity contribution in [2.45, 2.75) is 19.4 Å². The first-order chi connectivity index (χ1) is 7.33. The number of hydrogen-bond acceptors (Lipinski definition) is 2. The van der Waals surface area contributed by atoms with Crippen LogP contribution in [0.5, 0.6) is 0 Å². The van der Waals surface area contributed by atoms with Crippen molar-refractivity contribution in [1.82, 2.24) is 5.32 Å². The van der Waals surface area contributed by atoms with Crippen LogP contribution in [0.3, 0.4) is 0 Å². The van der Waals surface area contributed by atoms with Gasteiger partial charge in [0.25, 0.3) is 0 Å². The van der Waals surface area contributed by atoms with Crippen LogP contribution in [-0.2, 0) is 15.1 Å². The van der Waals surface area contributed by atoms with Crippen LogP contribution in [0.2, 0.25) is 0 Å². The summed E-state index contributed by atoms with van der Waals surface area (Å²) in [6.45, 7) is 3.49. The van der Waals surface area contributed by atoms with E-state index in [9.17, 15) is 9.59 Å². The van der Waals surface area contributed by atoms with Crippen LogP contribution in [-0.4, -0.2) is 17.0 Å². The molecule has 0 heterocycles. The number of nitrogens with one attached hydrogen (secondary N) is 1. The Labute approximate surface area is 102 Å². The van der Waals surface area contributed by atoms with Crippen LogP contribution >= 0.6 is 15.9 Å². The maximum atomic E-state index is 11.1.